The third-order valence-electron chi connectivity index (χ3n) is 2.10. The summed E-state index contributed by atoms with van der Waals surface area (Å²) in [5, 5.41) is 5.01. The Morgan fingerprint density at radius 2 is 2.08 bits per heavy atom. The molecule has 0 aromatic carbocycles. The number of fused-ring (bicyclic) bond motifs is 1. The van der Waals surface area contributed by atoms with Crippen LogP contribution in [0.2, 0.25) is 0 Å². The fourth-order valence-electron chi connectivity index (χ4n) is 1.57. The summed E-state index contributed by atoms with van der Waals surface area (Å²) in [6, 6.07) is 0. The summed E-state index contributed by atoms with van der Waals surface area (Å²) in [6.45, 7) is 0. The van der Waals surface area contributed by atoms with Gasteiger partial charge in [0.05, 0.1) is 0 Å². The molecule has 1 aliphatic rings. The molecule has 0 radical (unpaired) electrons. The SMILES string of the molecule is NS(=O)(=O)c1ncnc2c1CCC2. The van der Waals surface area contributed by atoms with Crippen LogP contribution in [0.1, 0.15) is 17.7 Å². The average Bonchev–Trinajstić information content (AvgIpc) is 2.48. The van der Waals surface area contributed by atoms with Gasteiger partial charge in [-0.1, -0.05) is 0 Å². The Morgan fingerprint density at radius 1 is 1.31 bits per heavy atom. The predicted molar refractivity (Wildman–Crippen MR) is 45.4 cm³/mol. The van der Waals surface area contributed by atoms with E-state index in [1.807, 2.05) is 0 Å². The van der Waals surface area contributed by atoms with Crippen LogP contribution < -0.4 is 5.14 Å². The fraction of sp³-hybridized carbons (Fsp3) is 0.429. The number of primary sulfonamides is 1. The minimum absolute atomic E-state index is 0.00463. The first kappa shape index (κ1) is 8.58. The fourth-order valence-corrected chi connectivity index (χ4v) is 2.33. The van der Waals surface area contributed by atoms with Gasteiger partial charge in [0.15, 0.2) is 5.03 Å². The highest BCUT2D eigenvalue weighted by Crippen LogP contribution is 2.23. The quantitative estimate of drug-likeness (QED) is 0.624. The number of aryl methyl sites for hydroxylation is 1. The van der Waals surface area contributed by atoms with E-state index in [1.54, 1.807) is 0 Å². The minimum atomic E-state index is -3.68. The third-order valence-corrected chi connectivity index (χ3v) is 3.00. The van der Waals surface area contributed by atoms with E-state index in [9.17, 15) is 8.42 Å². The highest BCUT2D eigenvalue weighted by atomic mass is 32.2. The Hall–Kier alpha value is -1.01. The first-order valence-corrected chi connectivity index (χ1v) is 5.49. The summed E-state index contributed by atoms with van der Waals surface area (Å²) in [5.74, 6) is 0. The maximum Gasteiger partial charge on any atom is 0.255 e. The van der Waals surface area contributed by atoms with Gasteiger partial charge in [-0.15, -0.1) is 0 Å². The zero-order valence-corrected chi connectivity index (χ0v) is 7.71. The molecule has 0 aliphatic heterocycles. The second-order valence-corrected chi connectivity index (χ2v) is 4.48. The molecule has 0 amide bonds. The average molecular weight is 199 g/mol. The van der Waals surface area contributed by atoms with Crippen LogP contribution in [0.5, 0.6) is 0 Å². The molecule has 5 nitrogen and oxygen atoms in total. The molecule has 1 heterocycles. The summed E-state index contributed by atoms with van der Waals surface area (Å²) in [4.78, 5) is 7.70. The lowest BCUT2D eigenvalue weighted by atomic mass is 10.3. The summed E-state index contributed by atoms with van der Waals surface area (Å²) in [7, 11) is -3.68. The van der Waals surface area contributed by atoms with Crippen molar-refractivity contribution in [1.82, 2.24) is 9.97 Å². The van der Waals surface area contributed by atoms with E-state index in [1.165, 1.54) is 6.33 Å². The molecule has 0 atom stereocenters. The van der Waals surface area contributed by atoms with E-state index in [4.69, 9.17) is 5.14 Å². The van der Waals surface area contributed by atoms with Crippen LogP contribution in [0.15, 0.2) is 11.4 Å². The lowest BCUT2D eigenvalue weighted by Gasteiger charge is -2.02. The standard InChI is InChI=1S/C7H9N3O2S/c8-13(11,12)7-5-2-1-3-6(5)9-4-10-7/h4H,1-3H2,(H2,8,11,12). The molecule has 1 aromatic heterocycles. The molecule has 13 heavy (non-hydrogen) atoms. The smallest absolute Gasteiger partial charge is 0.241 e. The molecule has 2 N–H and O–H groups in total. The van der Waals surface area contributed by atoms with Gasteiger partial charge in [0.25, 0.3) is 10.0 Å². The molecular formula is C7H9N3O2S. The molecule has 0 spiro atoms. The number of hydrogen-bond donors (Lipinski definition) is 1. The second-order valence-electron chi connectivity index (χ2n) is 3.00. The lowest BCUT2D eigenvalue weighted by Crippen LogP contribution is -2.16. The summed E-state index contributed by atoms with van der Waals surface area (Å²) >= 11 is 0. The molecule has 6 heteroatoms. The maximum absolute atomic E-state index is 11.1. The zero-order valence-electron chi connectivity index (χ0n) is 6.90. The van der Waals surface area contributed by atoms with Crippen molar-refractivity contribution in [3.05, 3.63) is 17.6 Å². The topological polar surface area (TPSA) is 85.9 Å². The first-order valence-electron chi connectivity index (χ1n) is 3.94. The van der Waals surface area contributed by atoms with Crippen molar-refractivity contribution in [2.75, 3.05) is 0 Å². The van der Waals surface area contributed by atoms with E-state index in [0.717, 1.165) is 18.5 Å². The van der Waals surface area contributed by atoms with Crippen LogP contribution in [0.3, 0.4) is 0 Å². The molecule has 1 aliphatic carbocycles. The maximum atomic E-state index is 11.1. The van der Waals surface area contributed by atoms with Crippen LogP contribution in [0.4, 0.5) is 0 Å². The second kappa shape index (κ2) is 2.74. The number of nitrogens with two attached hydrogens (primary N) is 1. The van der Waals surface area contributed by atoms with Gasteiger partial charge in [0.1, 0.15) is 6.33 Å². The number of aromatic nitrogens is 2. The van der Waals surface area contributed by atoms with Crippen molar-refractivity contribution in [1.29, 1.82) is 0 Å². The van der Waals surface area contributed by atoms with E-state index in [2.05, 4.69) is 9.97 Å². The highest BCUT2D eigenvalue weighted by molar-refractivity contribution is 7.89. The first-order chi connectivity index (χ1) is 6.09. The molecule has 0 saturated heterocycles. The van der Waals surface area contributed by atoms with Crippen molar-refractivity contribution >= 4 is 10.0 Å². The minimum Gasteiger partial charge on any atom is -0.241 e. The van der Waals surface area contributed by atoms with Crippen molar-refractivity contribution in [3.8, 4) is 0 Å². The molecule has 2 rings (SSSR count). The lowest BCUT2D eigenvalue weighted by molar-refractivity contribution is 0.592. The van der Waals surface area contributed by atoms with Crippen LogP contribution in [0.25, 0.3) is 0 Å². The molecule has 0 fully saturated rings. The number of rotatable bonds is 1. The number of hydrogen-bond acceptors (Lipinski definition) is 4. The summed E-state index contributed by atoms with van der Waals surface area (Å²) in [6.07, 6.45) is 3.71. The number of nitrogens with zero attached hydrogens (tertiary/aromatic N) is 2. The van der Waals surface area contributed by atoms with E-state index in [0.29, 0.717) is 12.0 Å². The zero-order chi connectivity index (χ0) is 9.47. The van der Waals surface area contributed by atoms with Crippen LogP contribution in [-0.4, -0.2) is 18.4 Å². The van der Waals surface area contributed by atoms with Gasteiger partial charge in [-0.3, -0.25) is 0 Å². The van der Waals surface area contributed by atoms with Crippen molar-refractivity contribution < 1.29 is 8.42 Å². The molecule has 70 valence electrons. The molecule has 1 aromatic rings. The Labute approximate surface area is 76.1 Å². The van der Waals surface area contributed by atoms with Crippen molar-refractivity contribution in [2.24, 2.45) is 5.14 Å². The Bertz CT molecular complexity index is 441. The van der Waals surface area contributed by atoms with Gasteiger partial charge in [-0.25, -0.2) is 23.5 Å². The summed E-state index contributed by atoms with van der Waals surface area (Å²) < 4.78 is 22.2. The highest BCUT2D eigenvalue weighted by Gasteiger charge is 2.22. The van der Waals surface area contributed by atoms with Gasteiger partial charge in [0, 0.05) is 11.3 Å². The van der Waals surface area contributed by atoms with Crippen LogP contribution >= 0.6 is 0 Å². The summed E-state index contributed by atoms with van der Waals surface area (Å²) in [5.41, 5.74) is 1.52. The van der Waals surface area contributed by atoms with Gasteiger partial charge >= 0.3 is 0 Å². The molecule has 0 bridgehead atoms. The van der Waals surface area contributed by atoms with Crippen LogP contribution in [-0.2, 0) is 22.9 Å². The van der Waals surface area contributed by atoms with Crippen molar-refractivity contribution in [2.45, 2.75) is 24.3 Å². The predicted octanol–water partition coefficient (Wildman–Crippen LogP) is -0.387. The Morgan fingerprint density at radius 3 is 2.77 bits per heavy atom. The van der Waals surface area contributed by atoms with E-state index in [-0.39, 0.29) is 5.03 Å². The monoisotopic (exact) mass is 199 g/mol. The van der Waals surface area contributed by atoms with Crippen molar-refractivity contribution in [3.63, 3.8) is 0 Å². The van der Waals surface area contributed by atoms with Gasteiger partial charge < -0.3 is 0 Å². The van der Waals surface area contributed by atoms with E-state index >= 15 is 0 Å². The molecule has 0 saturated carbocycles. The molecule has 0 unspecified atom stereocenters. The van der Waals surface area contributed by atoms with E-state index < -0.39 is 10.0 Å². The Kier molecular flexibility index (Phi) is 1.81. The van der Waals surface area contributed by atoms with Gasteiger partial charge in [-0.05, 0) is 19.3 Å². The van der Waals surface area contributed by atoms with Gasteiger partial charge in [-0.2, -0.15) is 0 Å². The molecular weight excluding hydrogens is 190 g/mol. The number of sulfonamides is 1. The third kappa shape index (κ3) is 1.42. The Balaban J connectivity index is 2.67. The van der Waals surface area contributed by atoms with Gasteiger partial charge in [0.2, 0.25) is 0 Å². The normalized spacial score (nSPS) is 15.8. The van der Waals surface area contributed by atoms with Crippen LogP contribution in [0, 0.1) is 0 Å². The largest absolute Gasteiger partial charge is 0.255 e.